The van der Waals surface area contributed by atoms with Crippen molar-refractivity contribution in [3.05, 3.63) is 35.1 Å². The summed E-state index contributed by atoms with van der Waals surface area (Å²) in [6, 6.07) is 4.10. The Morgan fingerprint density at radius 1 is 1.42 bits per heavy atom. The van der Waals surface area contributed by atoms with Gasteiger partial charge in [0.15, 0.2) is 5.13 Å². The fourth-order valence-corrected chi connectivity index (χ4v) is 2.16. The van der Waals surface area contributed by atoms with Crippen LogP contribution < -0.4 is 10.1 Å². The molecule has 1 aromatic carbocycles. The second-order valence-electron chi connectivity index (χ2n) is 3.49. The molecule has 0 unspecified atom stereocenters. The molecule has 19 heavy (non-hydrogen) atoms. The molecule has 0 aliphatic heterocycles. The minimum Gasteiger partial charge on any atom is -0.494 e. The summed E-state index contributed by atoms with van der Waals surface area (Å²) in [4.78, 5) is 15.7. The van der Waals surface area contributed by atoms with Crippen molar-refractivity contribution in [2.45, 2.75) is 0 Å². The first-order valence-corrected chi connectivity index (χ1v) is 6.10. The first-order chi connectivity index (χ1) is 9.13. The molecule has 0 fully saturated rings. The number of carbonyl (C=O) groups excluding carboxylic acids is 1. The van der Waals surface area contributed by atoms with Crippen LogP contribution in [0.5, 0.6) is 5.75 Å². The van der Waals surface area contributed by atoms with Gasteiger partial charge in [-0.25, -0.2) is 14.2 Å². The third-order valence-electron chi connectivity index (χ3n) is 2.30. The van der Waals surface area contributed by atoms with Crippen LogP contribution in [-0.4, -0.2) is 25.2 Å². The van der Waals surface area contributed by atoms with Gasteiger partial charge in [-0.15, -0.1) is 0 Å². The van der Waals surface area contributed by atoms with Gasteiger partial charge in [-0.3, -0.25) is 0 Å². The van der Waals surface area contributed by atoms with Crippen LogP contribution in [0.25, 0.3) is 0 Å². The van der Waals surface area contributed by atoms with Gasteiger partial charge in [0.1, 0.15) is 16.4 Å². The van der Waals surface area contributed by atoms with E-state index in [1.807, 2.05) is 0 Å². The molecule has 0 saturated heterocycles. The maximum Gasteiger partial charge on any atom is 0.349 e. The Morgan fingerprint density at radius 2 is 2.21 bits per heavy atom. The molecule has 0 aliphatic carbocycles. The first kappa shape index (κ1) is 13.3. The number of nitrogens with one attached hydrogen (secondary N) is 1. The van der Waals surface area contributed by atoms with E-state index in [4.69, 9.17) is 4.74 Å². The van der Waals surface area contributed by atoms with E-state index in [0.717, 1.165) is 11.3 Å². The zero-order chi connectivity index (χ0) is 13.8. The minimum atomic E-state index is -0.448. The molecule has 100 valence electrons. The van der Waals surface area contributed by atoms with Crippen LogP contribution in [0.2, 0.25) is 0 Å². The van der Waals surface area contributed by atoms with E-state index in [1.54, 1.807) is 0 Å². The zero-order valence-electron chi connectivity index (χ0n) is 10.3. The summed E-state index contributed by atoms with van der Waals surface area (Å²) in [5.41, 5.74) is 0.565. The van der Waals surface area contributed by atoms with Gasteiger partial charge in [0, 0.05) is 6.07 Å². The topological polar surface area (TPSA) is 60.5 Å². The summed E-state index contributed by atoms with van der Waals surface area (Å²) in [7, 11) is 2.75. The predicted octanol–water partition coefficient (Wildman–Crippen LogP) is 2.82. The predicted molar refractivity (Wildman–Crippen MR) is 69.7 cm³/mol. The molecule has 0 saturated carbocycles. The molecular weight excluding hydrogens is 271 g/mol. The zero-order valence-corrected chi connectivity index (χ0v) is 11.1. The highest BCUT2D eigenvalue weighted by molar-refractivity contribution is 7.17. The second kappa shape index (κ2) is 5.66. The van der Waals surface area contributed by atoms with Crippen LogP contribution in [0, 0.1) is 5.82 Å². The number of ether oxygens (including phenoxy) is 2. The summed E-state index contributed by atoms with van der Waals surface area (Å²) >= 11 is 1.14. The van der Waals surface area contributed by atoms with Crippen LogP contribution in [0.15, 0.2) is 24.4 Å². The molecule has 7 heteroatoms. The molecule has 0 aliphatic rings. The van der Waals surface area contributed by atoms with Gasteiger partial charge in [-0.05, 0) is 12.1 Å². The lowest BCUT2D eigenvalue weighted by atomic mass is 10.3. The van der Waals surface area contributed by atoms with Gasteiger partial charge in [0.05, 0.1) is 26.1 Å². The molecule has 2 rings (SSSR count). The standard InChI is InChI=1S/C12H11FN2O3S/c1-17-9-5-7(13)3-4-8(9)15-12-14-6-10(19-12)11(16)18-2/h3-6H,1-2H3,(H,14,15). The summed E-state index contributed by atoms with van der Waals surface area (Å²) in [5.74, 6) is -0.483. The fourth-order valence-electron chi connectivity index (χ4n) is 1.41. The maximum absolute atomic E-state index is 13.0. The van der Waals surface area contributed by atoms with Gasteiger partial charge in [-0.2, -0.15) is 0 Å². The Labute approximate surface area is 113 Å². The second-order valence-corrected chi connectivity index (χ2v) is 4.52. The van der Waals surface area contributed by atoms with Gasteiger partial charge < -0.3 is 14.8 Å². The van der Waals surface area contributed by atoms with E-state index in [0.29, 0.717) is 21.4 Å². The van der Waals surface area contributed by atoms with Crippen molar-refractivity contribution in [1.29, 1.82) is 0 Å². The van der Waals surface area contributed by atoms with Crippen LogP contribution >= 0.6 is 11.3 Å². The SMILES string of the molecule is COC(=O)c1cnc(Nc2ccc(F)cc2OC)s1. The minimum absolute atomic E-state index is 0.356. The third-order valence-corrected chi connectivity index (χ3v) is 3.19. The number of aromatic nitrogens is 1. The Bertz CT molecular complexity index is 600. The van der Waals surface area contributed by atoms with Crippen LogP contribution in [0.3, 0.4) is 0 Å². The number of hydrogen-bond donors (Lipinski definition) is 1. The van der Waals surface area contributed by atoms with E-state index >= 15 is 0 Å². The number of hydrogen-bond acceptors (Lipinski definition) is 6. The molecule has 5 nitrogen and oxygen atoms in total. The summed E-state index contributed by atoms with van der Waals surface area (Å²) in [6.45, 7) is 0. The third kappa shape index (κ3) is 3.00. The Hall–Kier alpha value is -2.15. The van der Waals surface area contributed by atoms with Crippen molar-refractivity contribution >= 4 is 28.1 Å². The smallest absolute Gasteiger partial charge is 0.349 e. The average Bonchev–Trinajstić information content (AvgIpc) is 2.88. The number of thiazole rings is 1. The van der Waals surface area contributed by atoms with Gasteiger partial charge >= 0.3 is 5.97 Å². The van der Waals surface area contributed by atoms with Crippen LogP contribution in [0.1, 0.15) is 9.67 Å². The number of esters is 1. The van der Waals surface area contributed by atoms with E-state index in [9.17, 15) is 9.18 Å². The molecule has 2 aromatic rings. The number of rotatable bonds is 4. The number of carbonyl (C=O) groups is 1. The number of methoxy groups -OCH3 is 2. The highest BCUT2D eigenvalue weighted by atomic mass is 32.1. The Morgan fingerprint density at radius 3 is 2.89 bits per heavy atom. The van der Waals surface area contributed by atoms with Gasteiger partial charge in [0.2, 0.25) is 0 Å². The molecule has 0 bridgehead atoms. The van der Waals surface area contributed by atoms with Crippen molar-refractivity contribution in [3.63, 3.8) is 0 Å². The number of halogens is 1. The van der Waals surface area contributed by atoms with Crippen LogP contribution in [0.4, 0.5) is 15.2 Å². The lowest BCUT2D eigenvalue weighted by molar-refractivity contribution is 0.0606. The summed E-state index contributed by atoms with van der Waals surface area (Å²) < 4.78 is 22.7. The number of nitrogens with zero attached hydrogens (tertiary/aromatic N) is 1. The lowest BCUT2D eigenvalue weighted by Gasteiger charge is -2.08. The van der Waals surface area contributed by atoms with Crippen molar-refractivity contribution < 1.29 is 18.7 Å². The van der Waals surface area contributed by atoms with Crippen LogP contribution in [-0.2, 0) is 4.74 Å². The molecule has 0 spiro atoms. The molecule has 1 N–H and O–H groups in total. The maximum atomic E-state index is 13.0. The van der Waals surface area contributed by atoms with Crippen molar-refractivity contribution in [3.8, 4) is 5.75 Å². The molecule has 0 atom stereocenters. The number of benzene rings is 1. The van der Waals surface area contributed by atoms with Crippen molar-refractivity contribution in [2.75, 3.05) is 19.5 Å². The average molecular weight is 282 g/mol. The Kier molecular flexibility index (Phi) is 3.96. The summed E-state index contributed by atoms with van der Waals surface area (Å²) in [6.07, 6.45) is 1.41. The molecule has 1 aromatic heterocycles. The monoisotopic (exact) mass is 282 g/mol. The fraction of sp³-hybridized carbons (Fsp3) is 0.167. The summed E-state index contributed by atoms with van der Waals surface area (Å²) in [5, 5.41) is 3.45. The van der Waals surface area contributed by atoms with E-state index in [1.165, 1.54) is 38.6 Å². The van der Waals surface area contributed by atoms with E-state index in [-0.39, 0.29) is 0 Å². The number of anilines is 2. The largest absolute Gasteiger partial charge is 0.494 e. The molecule has 0 amide bonds. The van der Waals surface area contributed by atoms with E-state index < -0.39 is 11.8 Å². The first-order valence-electron chi connectivity index (χ1n) is 5.28. The molecule has 1 heterocycles. The normalized spacial score (nSPS) is 10.1. The van der Waals surface area contributed by atoms with Gasteiger partial charge in [-0.1, -0.05) is 11.3 Å². The molecular formula is C12H11FN2O3S. The highest BCUT2D eigenvalue weighted by Crippen LogP contribution is 2.30. The Balaban J connectivity index is 2.21. The quantitative estimate of drug-likeness (QED) is 0.874. The lowest BCUT2D eigenvalue weighted by Crippen LogP contribution is -1.96. The van der Waals surface area contributed by atoms with Crippen molar-refractivity contribution in [1.82, 2.24) is 4.98 Å². The highest BCUT2D eigenvalue weighted by Gasteiger charge is 2.12. The van der Waals surface area contributed by atoms with Crippen molar-refractivity contribution in [2.24, 2.45) is 0 Å². The van der Waals surface area contributed by atoms with Gasteiger partial charge in [0.25, 0.3) is 0 Å². The van der Waals surface area contributed by atoms with E-state index in [2.05, 4.69) is 15.0 Å². The molecule has 0 radical (unpaired) electrons.